The number of hydrogen-bond donors (Lipinski definition) is 1. The van der Waals surface area contributed by atoms with Gasteiger partial charge < -0.3 is 5.32 Å². The van der Waals surface area contributed by atoms with E-state index < -0.39 is 0 Å². The van der Waals surface area contributed by atoms with Crippen LogP contribution < -0.4 is 5.32 Å². The molecule has 0 aliphatic rings. The summed E-state index contributed by atoms with van der Waals surface area (Å²) in [7, 11) is 0. The third-order valence-electron chi connectivity index (χ3n) is 3.23. The van der Waals surface area contributed by atoms with E-state index in [4.69, 9.17) is 11.6 Å². The molecular weight excluding hydrogens is 282 g/mol. The molecule has 0 atom stereocenters. The highest BCUT2D eigenvalue weighted by molar-refractivity contribution is 6.30. The van der Waals surface area contributed by atoms with Crippen LogP contribution in [0, 0.1) is 0 Å². The molecule has 0 heterocycles. The van der Waals surface area contributed by atoms with E-state index in [0.717, 1.165) is 24.9 Å². The molecule has 1 aromatic rings. The molecule has 0 unspecified atom stereocenters. The summed E-state index contributed by atoms with van der Waals surface area (Å²) in [4.78, 5) is 12.2. The van der Waals surface area contributed by atoms with E-state index in [0.29, 0.717) is 10.6 Å². The number of unbranched alkanes of at least 4 members (excludes halogenated alkanes) is 4. The molecule has 1 aromatic carbocycles. The SMILES string of the molecule is CC=C=C(CCCCCCC)C(=O)Nc1ccc(Cl)cc1. The molecule has 0 saturated carbocycles. The first-order valence-corrected chi connectivity index (χ1v) is 8.02. The van der Waals surface area contributed by atoms with Gasteiger partial charge in [-0.1, -0.05) is 44.2 Å². The molecule has 21 heavy (non-hydrogen) atoms. The van der Waals surface area contributed by atoms with Gasteiger partial charge in [-0.25, -0.2) is 0 Å². The van der Waals surface area contributed by atoms with Crippen molar-refractivity contribution in [2.24, 2.45) is 0 Å². The number of carbonyl (C=O) groups is 1. The minimum absolute atomic E-state index is 0.0779. The van der Waals surface area contributed by atoms with E-state index in [-0.39, 0.29) is 5.91 Å². The van der Waals surface area contributed by atoms with Crippen LogP contribution in [-0.4, -0.2) is 5.91 Å². The summed E-state index contributed by atoms with van der Waals surface area (Å²) in [5, 5.41) is 3.55. The third kappa shape index (κ3) is 7.17. The van der Waals surface area contributed by atoms with Gasteiger partial charge in [0.25, 0.3) is 5.91 Å². The van der Waals surface area contributed by atoms with Crippen molar-refractivity contribution in [2.75, 3.05) is 5.32 Å². The molecule has 0 spiro atoms. The van der Waals surface area contributed by atoms with Crippen LogP contribution in [0.2, 0.25) is 5.02 Å². The standard InChI is InChI=1S/C18H24ClNO/c1-3-5-6-7-8-10-15(9-4-2)18(21)20-17-13-11-16(19)12-14-17/h4,11-14H,3,5-8,10H2,1-2H3,(H,20,21). The summed E-state index contributed by atoms with van der Waals surface area (Å²) in [5.41, 5.74) is 4.53. The van der Waals surface area contributed by atoms with E-state index in [2.05, 4.69) is 18.0 Å². The number of hydrogen-bond acceptors (Lipinski definition) is 1. The van der Waals surface area contributed by atoms with Crippen molar-refractivity contribution >= 4 is 23.2 Å². The lowest BCUT2D eigenvalue weighted by Gasteiger charge is -2.07. The average molecular weight is 306 g/mol. The Kier molecular flexibility index (Phi) is 8.57. The van der Waals surface area contributed by atoms with Crippen molar-refractivity contribution in [1.29, 1.82) is 0 Å². The lowest BCUT2D eigenvalue weighted by Crippen LogP contribution is -2.14. The van der Waals surface area contributed by atoms with Crippen LogP contribution in [0.1, 0.15) is 52.4 Å². The van der Waals surface area contributed by atoms with Crippen LogP contribution in [0.3, 0.4) is 0 Å². The zero-order chi connectivity index (χ0) is 15.5. The fourth-order valence-electron chi connectivity index (χ4n) is 2.07. The van der Waals surface area contributed by atoms with Crippen LogP contribution in [0.4, 0.5) is 5.69 Å². The molecule has 0 aliphatic heterocycles. The normalized spacial score (nSPS) is 9.86. The van der Waals surface area contributed by atoms with Crippen LogP contribution >= 0.6 is 11.6 Å². The van der Waals surface area contributed by atoms with Crippen LogP contribution in [-0.2, 0) is 4.79 Å². The molecule has 0 saturated heterocycles. The van der Waals surface area contributed by atoms with Crippen molar-refractivity contribution < 1.29 is 4.79 Å². The number of anilines is 1. The zero-order valence-electron chi connectivity index (χ0n) is 12.9. The van der Waals surface area contributed by atoms with Gasteiger partial charge in [-0.15, -0.1) is 5.73 Å². The highest BCUT2D eigenvalue weighted by Gasteiger charge is 2.09. The average Bonchev–Trinajstić information content (AvgIpc) is 2.48. The van der Waals surface area contributed by atoms with E-state index in [1.807, 2.05) is 6.92 Å². The summed E-state index contributed by atoms with van der Waals surface area (Å²) in [6, 6.07) is 7.13. The summed E-state index contributed by atoms with van der Waals surface area (Å²) >= 11 is 5.84. The molecule has 0 bridgehead atoms. The Morgan fingerprint density at radius 2 is 1.86 bits per heavy atom. The molecule has 2 nitrogen and oxygen atoms in total. The topological polar surface area (TPSA) is 29.1 Å². The van der Waals surface area contributed by atoms with E-state index in [1.54, 1.807) is 30.3 Å². The second-order valence-electron chi connectivity index (χ2n) is 5.04. The van der Waals surface area contributed by atoms with Gasteiger partial charge in [-0.05, 0) is 50.1 Å². The van der Waals surface area contributed by atoms with E-state index in [9.17, 15) is 4.79 Å². The maximum atomic E-state index is 12.2. The first kappa shape index (κ1) is 17.6. The Balaban J connectivity index is 2.54. The molecular formula is C18H24ClNO. The Morgan fingerprint density at radius 1 is 1.19 bits per heavy atom. The van der Waals surface area contributed by atoms with Crippen LogP contribution in [0.25, 0.3) is 0 Å². The van der Waals surface area contributed by atoms with Gasteiger partial charge in [0.15, 0.2) is 0 Å². The summed E-state index contributed by atoms with van der Waals surface area (Å²) < 4.78 is 0. The predicted molar refractivity (Wildman–Crippen MR) is 90.7 cm³/mol. The van der Waals surface area contributed by atoms with Gasteiger partial charge in [0.2, 0.25) is 0 Å². The number of nitrogens with one attached hydrogen (secondary N) is 1. The maximum absolute atomic E-state index is 12.2. The van der Waals surface area contributed by atoms with Gasteiger partial charge in [-0.2, -0.15) is 0 Å². The van der Waals surface area contributed by atoms with Gasteiger partial charge >= 0.3 is 0 Å². The monoisotopic (exact) mass is 305 g/mol. The van der Waals surface area contributed by atoms with Gasteiger partial charge in [-0.3, -0.25) is 4.79 Å². The Hall–Kier alpha value is -1.50. The number of benzene rings is 1. The molecule has 1 rings (SSSR count). The fraction of sp³-hybridized carbons (Fsp3) is 0.444. The minimum Gasteiger partial charge on any atom is -0.322 e. The van der Waals surface area contributed by atoms with Gasteiger partial charge in [0, 0.05) is 10.7 Å². The third-order valence-corrected chi connectivity index (χ3v) is 3.48. The molecule has 0 fully saturated rings. The van der Waals surface area contributed by atoms with Gasteiger partial charge in [0.05, 0.1) is 5.57 Å². The molecule has 0 radical (unpaired) electrons. The first-order chi connectivity index (χ1) is 10.2. The predicted octanol–water partition coefficient (Wildman–Crippen LogP) is 5.74. The van der Waals surface area contributed by atoms with Crippen molar-refractivity contribution in [1.82, 2.24) is 0 Å². The number of halogens is 1. The van der Waals surface area contributed by atoms with E-state index >= 15 is 0 Å². The first-order valence-electron chi connectivity index (χ1n) is 7.64. The Bertz CT molecular complexity index is 498. The molecule has 3 heteroatoms. The Morgan fingerprint density at radius 3 is 2.48 bits per heavy atom. The van der Waals surface area contributed by atoms with Crippen LogP contribution in [0.5, 0.6) is 0 Å². The smallest absolute Gasteiger partial charge is 0.259 e. The number of amides is 1. The number of carbonyl (C=O) groups excluding carboxylic acids is 1. The maximum Gasteiger partial charge on any atom is 0.259 e. The fourth-order valence-corrected chi connectivity index (χ4v) is 2.20. The molecule has 114 valence electrons. The lowest BCUT2D eigenvalue weighted by molar-refractivity contribution is -0.113. The Labute approximate surface area is 132 Å². The molecule has 0 aromatic heterocycles. The van der Waals surface area contributed by atoms with E-state index in [1.165, 1.54) is 19.3 Å². The summed E-state index contributed by atoms with van der Waals surface area (Å²) in [6.07, 6.45) is 8.49. The van der Waals surface area contributed by atoms with Crippen molar-refractivity contribution in [3.8, 4) is 0 Å². The van der Waals surface area contributed by atoms with Crippen molar-refractivity contribution in [3.63, 3.8) is 0 Å². The van der Waals surface area contributed by atoms with Crippen LogP contribution in [0.15, 0.2) is 41.6 Å². The largest absolute Gasteiger partial charge is 0.322 e. The quantitative estimate of drug-likeness (QED) is 0.370. The van der Waals surface area contributed by atoms with Crippen molar-refractivity contribution in [3.05, 3.63) is 46.7 Å². The molecule has 0 aliphatic carbocycles. The van der Waals surface area contributed by atoms with Crippen molar-refractivity contribution in [2.45, 2.75) is 52.4 Å². The zero-order valence-corrected chi connectivity index (χ0v) is 13.7. The second kappa shape index (κ2) is 10.3. The lowest BCUT2D eigenvalue weighted by atomic mass is 10.1. The second-order valence-corrected chi connectivity index (χ2v) is 5.47. The highest BCUT2D eigenvalue weighted by Crippen LogP contribution is 2.16. The highest BCUT2D eigenvalue weighted by atomic mass is 35.5. The molecule has 1 N–H and O–H groups in total. The summed E-state index contributed by atoms with van der Waals surface area (Å²) in [6.45, 7) is 4.08. The minimum atomic E-state index is -0.0779. The molecule has 1 amide bonds. The summed E-state index contributed by atoms with van der Waals surface area (Å²) in [5.74, 6) is -0.0779. The number of rotatable bonds is 8. The van der Waals surface area contributed by atoms with Gasteiger partial charge in [0.1, 0.15) is 0 Å².